The first-order valence-corrected chi connectivity index (χ1v) is 12.2. The third-order valence-corrected chi connectivity index (χ3v) is 11.7. The Morgan fingerprint density at radius 1 is 0.652 bits per heavy atom. The summed E-state index contributed by atoms with van der Waals surface area (Å²) in [5.41, 5.74) is 1.98. The second kappa shape index (κ2) is 7.46. The van der Waals surface area contributed by atoms with Gasteiger partial charge in [-0.1, -0.05) is 76.5 Å². The van der Waals surface area contributed by atoms with Gasteiger partial charge in [0.25, 0.3) is 0 Å². The fraction of sp³-hybridized carbons (Fsp3) is 0.429. The number of hydrogen-bond donors (Lipinski definition) is 0. The third kappa shape index (κ3) is 3.55. The Morgan fingerprint density at radius 2 is 1.09 bits per heavy atom. The van der Waals surface area contributed by atoms with E-state index >= 15 is 0 Å². The van der Waals surface area contributed by atoms with Crippen LogP contribution in [0.1, 0.15) is 32.1 Å². The highest BCUT2D eigenvalue weighted by Gasteiger charge is 2.35. The molecule has 2 saturated heterocycles. The molecular formula is C21H26P2. The van der Waals surface area contributed by atoms with E-state index in [1.807, 2.05) is 0 Å². The van der Waals surface area contributed by atoms with Gasteiger partial charge >= 0.3 is 0 Å². The lowest BCUT2D eigenvalue weighted by Crippen LogP contribution is -2.18. The van der Waals surface area contributed by atoms with Crippen LogP contribution >= 0.6 is 15.8 Å². The van der Waals surface area contributed by atoms with E-state index in [1.54, 1.807) is 10.6 Å². The number of benzene rings is 2. The molecule has 2 aromatic rings. The summed E-state index contributed by atoms with van der Waals surface area (Å²) in [6, 6.07) is 22.8. The van der Waals surface area contributed by atoms with E-state index in [-0.39, 0.29) is 15.8 Å². The van der Waals surface area contributed by atoms with E-state index in [0.717, 1.165) is 11.3 Å². The summed E-state index contributed by atoms with van der Waals surface area (Å²) in [4.78, 5) is 0. The minimum absolute atomic E-state index is 0.103. The van der Waals surface area contributed by atoms with Crippen molar-refractivity contribution < 1.29 is 0 Å². The van der Waals surface area contributed by atoms with Crippen molar-refractivity contribution in [1.82, 2.24) is 0 Å². The SMILES string of the molecule is c1ccc(P2CCC[C@@H]2C[C@@H]2CCCP2c2ccccc2)cc1. The van der Waals surface area contributed by atoms with Gasteiger partial charge in [0.2, 0.25) is 0 Å². The van der Waals surface area contributed by atoms with Gasteiger partial charge in [0.15, 0.2) is 0 Å². The van der Waals surface area contributed by atoms with Crippen LogP contribution in [0.2, 0.25) is 0 Å². The monoisotopic (exact) mass is 340 g/mol. The van der Waals surface area contributed by atoms with Gasteiger partial charge in [-0.05, 0) is 66.4 Å². The molecule has 0 bridgehead atoms. The van der Waals surface area contributed by atoms with Gasteiger partial charge in [-0.2, -0.15) is 0 Å². The predicted molar refractivity (Wildman–Crippen MR) is 106 cm³/mol. The fourth-order valence-electron chi connectivity index (χ4n) is 4.39. The maximum atomic E-state index is 2.39. The molecule has 0 N–H and O–H groups in total. The minimum Gasteiger partial charge on any atom is -0.0721 e. The van der Waals surface area contributed by atoms with Crippen molar-refractivity contribution >= 4 is 26.5 Å². The lowest BCUT2D eigenvalue weighted by Gasteiger charge is -2.27. The Morgan fingerprint density at radius 3 is 1.52 bits per heavy atom. The van der Waals surface area contributed by atoms with E-state index in [1.165, 1.54) is 44.4 Å². The summed E-state index contributed by atoms with van der Waals surface area (Å²) < 4.78 is 0. The van der Waals surface area contributed by atoms with Crippen molar-refractivity contribution in [2.75, 3.05) is 12.3 Å². The van der Waals surface area contributed by atoms with Crippen molar-refractivity contribution in [2.24, 2.45) is 0 Å². The van der Waals surface area contributed by atoms with Gasteiger partial charge < -0.3 is 0 Å². The molecule has 0 spiro atoms. The van der Waals surface area contributed by atoms with Gasteiger partial charge in [0, 0.05) is 0 Å². The summed E-state index contributed by atoms with van der Waals surface area (Å²) in [5.74, 6) is 0. The zero-order valence-electron chi connectivity index (χ0n) is 13.8. The van der Waals surface area contributed by atoms with Crippen LogP contribution in [0.5, 0.6) is 0 Å². The van der Waals surface area contributed by atoms with Crippen molar-refractivity contribution in [3.63, 3.8) is 0 Å². The van der Waals surface area contributed by atoms with Crippen LogP contribution in [0.25, 0.3) is 0 Å². The molecule has 0 amide bonds. The molecular weight excluding hydrogens is 314 g/mol. The second-order valence-electron chi connectivity index (χ2n) is 6.89. The average molecular weight is 340 g/mol. The van der Waals surface area contributed by atoms with Crippen molar-refractivity contribution in [2.45, 2.75) is 43.4 Å². The lowest BCUT2D eigenvalue weighted by molar-refractivity contribution is 0.659. The summed E-state index contributed by atoms with van der Waals surface area (Å²) in [6.07, 6.45) is 10.3. The highest BCUT2D eigenvalue weighted by Crippen LogP contribution is 2.57. The molecule has 2 unspecified atom stereocenters. The number of hydrogen-bond acceptors (Lipinski definition) is 0. The van der Waals surface area contributed by atoms with E-state index in [4.69, 9.17) is 0 Å². The van der Waals surface area contributed by atoms with E-state index in [9.17, 15) is 0 Å². The van der Waals surface area contributed by atoms with Crippen LogP contribution < -0.4 is 10.6 Å². The Labute approximate surface area is 143 Å². The predicted octanol–water partition coefficient (Wildman–Crippen LogP) is 5.32. The molecule has 0 nitrogen and oxygen atoms in total. The first kappa shape index (κ1) is 15.8. The van der Waals surface area contributed by atoms with Crippen molar-refractivity contribution in [3.8, 4) is 0 Å². The Hall–Kier alpha value is -0.700. The summed E-state index contributed by atoms with van der Waals surface area (Å²) in [5, 5.41) is 3.32. The van der Waals surface area contributed by atoms with Gasteiger partial charge in [-0.25, -0.2) is 0 Å². The highest BCUT2D eigenvalue weighted by atomic mass is 31.1. The Bertz CT molecular complexity index is 555. The lowest BCUT2D eigenvalue weighted by atomic mass is 10.1. The molecule has 2 aliphatic heterocycles. The zero-order valence-corrected chi connectivity index (χ0v) is 15.6. The molecule has 2 aromatic carbocycles. The molecule has 2 fully saturated rings. The standard InChI is InChI=1S/C21H26P2/c1-3-9-18(10-4-1)22-15-7-13-20(22)17-21-14-8-16-23(21)19-11-5-2-6-12-19/h1-6,9-12,20-21H,7-8,13-17H2/t20-,21+,22?,23?. The van der Waals surface area contributed by atoms with Crippen LogP contribution in [-0.2, 0) is 0 Å². The topological polar surface area (TPSA) is 0 Å². The highest BCUT2D eigenvalue weighted by molar-refractivity contribution is 7.67. The molecule has 23 heavy (non-hydrogen) atoms. The van der Waals surface area contributed by atoms with Gasteiger partial charge in [0.1, 0.15) is 0 Å². The summed E-state index contributed by atoms with van der Waals surface area (Å²) >= 11 is 0. The Balaban J connectivity index is 1.48. The van der Waals surface area contributed by atoms with Crippen LogP contribution in [0.3, 0.4) is 0 Å². The molecule has 4 rings (SSSR count). The largest absolute Gasteiger partial charge is 0.0721 e. The molecule has 0 radical (unpaired) electrons. The molecule has 120 valence electrons. The zero-order chi connectivity index (χ0) is 15.5. The molecule has 2 heteroatoms. The summed E-state index contributed by atoms with van der Waals surface area (Å²) in [6.45, 7) is 0. The Kier molecular flexibility index (Phi) is 5.13. The van der Waals surface area contributed by atoms with Crippen molar-refractivity contribution in [1.29, 1.82) is 0 Å². The number of rotatable bonds is 4. The van der Waals surface area contributed by atoms with E-state index in [2.05, 4.69) is 60.7 Å². The van der Waals surface area contributed by atoms with Crippen LogP contribution in [-0.4, -0.2) is 23.6 Å². The molecule has 4 atom stereocenters. The minimum atomic E-state index is 0.103. The third-order valence-electron chi connectivity index (χ3n) is 5.47. The normalized spacial score (nSPS) is 30.6. The van der Waals surface area contributed by atoms with Crippen molar-refractivity contribution in [3.05, 3.63) is 60.7 Å². The second-order valence-corrected chi connectivity index (χ2v) is 12.2. The molecule has 0 saturated carbocycles. The molecule has 0 aliphatic carbocycles. The molecule has 2 aliphatic rings. The van der Waals surface area contributed by atoms with Gasteiger partial charge in [-0.15, -0.1) is 0 Å². The average Bonchev–Trinajstić information content (AvgIpc) is 3.26. The van der Waals surface area contributed by atoms with Crippen LogP contribution in [0.4, 0.5) is 0 Å². The van der Waals surface area contributed by atoms with Crippen LogP contribution in [0.15, 0.2) is 60.7 Å². The quantitative estimate of drug-likeness (QED) is 0.661. The van der Waals surface area contributed by atoms with E-state index in [0.29, 0.717) is 0 Å². The first-order valence-electron chi connectivity index (χ1n) is 9.05. The molecule has 0 aromatic heterocycles. The fourth-order valence-corrected chi connectivity index (χ4v) is 10.8. The summed E-state index contributed by atoms with van der Waals surface area (Å²) in [7, 11) is 0.205. The van der Waals surface area contributed by atoms with Crippen LogP contribution in [0, 0.1) is 0 Å². The van der Waals surface area contributed by atoms with Gasteiger partial charge in [0.05, 0.1) is 0 Å². The van der Waals surface area contributed by atoms with E-state index < -0.39 is 0 Å². The maximum absolute atomic E-state index is 2.39. The molecule has 2 heterocycles. The smallest absolute Gasteiger partial charge is 0.0163 e. The van der Waals surface area contributed by atoms with Gasteiger partial charge in [-0.3, -0.25) is 0 Å². The maximum Gasteiger partial charge on any atom is -0.0163 e. The first-order chi connectivity index (χ1) is 11.4.